The van der Waals surface area contributed by atoms with Crippen LogP contribution in [0.1, 0.15) is 24.5 Å². The van der Waals surface area contributed by atoms with Gasteiger partial charge in [0.1, 0.15) is 12.4 Å². The zero-order valence-corrected chi connectivity index (χ0v) is 14.2. The SMILES string of the molecule is CCC(N)Cc1ccc(OCc2cncc(Br)c2)c(Cl)c1. The first kappa shape index (κ1) is 16.3. The molecular formula is C16H18BrClN2O. The third kappa shape index (κ3) is 4.99. The molecule has 1 aromatic carbocycles. The largest absolute Gasteiger partial charge is 0.487 e. The molecule has 2 N–H and O–H groups in total. The van der Waals surface area contributed by atoms with Crippen molar-refractivity contribution in [3.05, 3.63) is 57.3 Å². The molecule has 3 nitrogen and oxygen atoms in total. The van der Waals surface area contributed by atoms with Gasteiger partial charge in [-0.1, -0.05) is 24.6 Å². The number of pyridine rings is 1. The van der Waals surface area contributed by atoms with Gasteiger partial charge in [0.2, 0.25) is 0 Å². The Bertz CT molecular complexity index is 607. The summed E-state index contributed by atoms with van der Waals surface area (Å²) in [6.07, 6.45) is 5.29. The van der Waals surface area contributed by atoms with Crippen LogP contribution in [0.2, 0.25) is 5.02 Å². The molecule has 1 atom stereocenters. The molecule has 0 bridgehead atoms. The van der Waals surface area contributed by atoms with E-state index < -0.39 is 0 Å². The molecule has 0 aliphatic heterocycles. The van der Waals surface area contributed by atoms with Gasteiger partial charge in [-0.2, -0.15) is 0 Å². The molecule has 0 saturated heterocycles. The molecule has 0 radical (unpaired) electrons. The van der Waals surface area contributed by atoms with E-state index in [1.165, 1.54) is 0 Å². The summed E-state index contributed by atoms with van der Waals surface area (Å²) in [5.41, 5.74) is 8.07. The van der Waals surface area contributed by atoms with Crippen molar-refractivity contribution in [2.75, 3.05) is 0 Å². The molecule has 0 aliphatic rings. The molecular weight excluding hydrogens is 352 g/mol. The Morgan fingerprint density at radius 2 is 2.10 bits per heavy atom. The van der Waals surface area contributed by atoms with Gasteiger partial charge in [0.25, 0.3) is 0 Å². The Balaban J connectivity index is 2.01. The molecule has 1 unspecified atom stereocenters. The molecule has 0 fully saturated rings. The van der Waals surface area contributed by atoms with E-state index in [4.69, 9.17) is 22.1 Å². The summed E-state index contributed by atoms with van der Waals surface area (Å²) in [5, 5.41) is 0.610. The first-order chi connectivity index (χ1) is 10.1. The summed E-state index contributed by atoms with van der Waals surface area (Å²) < 4.78 is 6.67. The molecule has 5 heteroatoms. The van der Waals surface area contributed by atoms with Gasteiger partial charge in [-0.15, -0.1) is 0 Å². The number of aromatic nitrogens is 1. The second kappa shape index (κ2) is 7.78. The van der Waals surface area contributed by atoms with Gasteiger partial charge in [-0.3, -0.25) is 4.98 Å². The molecule has 0 saturated carbocycles. The highest BCUT2D eigenvalue weighted by Gasteiger charge is 2.07. The van der Waals surface area contributed by atoms with Crippen LogP contribution in [0.5, 0.6) is 5.75 Å². The highest BCUT2D eigenvalue weighted by atomic mass is 79.9. The molecule has 0 spiro atoms. The van der Waals surface area contributed by atoms with E-state index in [0.717, 1.165) is 28.4 Å². The quantitative estimate of drug-likeness (QED) is 0.823. The summed E-state index contributed by atoms with van der Waals surface area (Å²) >= 11 is 9.65. The van der Waals surface area contributed by atoms with E-state index >= 15 is 0 Å². The van der Waals surface area contributed by atoms with E-state index in [1.807, 2.05) is 24.3 Å². The number of benzene rings is 1. The smallest absolute Gasteiger partial charge is 0.138 e. The van der Waals surface area contributed by atoms with Gasteiger partial charge in [-0.25, -0.2) is 0 Å². The van der Waals surface area contributed by atoms with Crippen LogP contribution >= 0.6 is 27.5 Å². The summed E-state index contributed by atoms with van der Waals surface area (Å²) in [4.78, 5) is 4.10. The van der Waals surface area contributed by atoms with Crippen molar-refractivity contribution >= 4 is 27.5 Å². The van der Waals surface area contributed by atoms with Crippen LogP contribution in [0.3, 0.4) is 0 Å². The van der Waals surface area contributed by atoms with Crippen LogP contribution < -0.4 is 10.5 Å². The molecule has 1 heterocycles. The maximum atomic E-state index is 6.26. The second-order valence-corrected chi connectivity index (χ2v) is 6.26. The minimum atomic E-state index is 0.167. The third-order valence-corrected chi connectivity index (χ3v) is 3.90. The van der Waals surface area contributed by atoms with Gasteiger partial charge in [0, 0.05) is 28.5 Å². The molecule has 1 aromatic heterocycles. The number of nitrogens with zero attached hydrogens (tertiary/aromatic N) is 1. The van der Waals surface area contributed by atoms with Crippen LogP contribution in [0.4, 0.5) is 0 Å². The standard InChI is InChI=1S/C16H18BrClN2O/c1-2-14(19)6-11-3-4-16(15(18)7-11)21-10-12-5-13(17)9-20-8-12/h3-5,7-9,14H,2,6,10,19H2,1H3. The fourth-order valence-corrected chi connectivity index (χ4v) is 2.60. The minimum absolute atomic E-state index is 0.167. The zero-order valence-electron chi connectivity index (χ0n) is 11.9. The van der Waals surface area contributed by atoms with Gasteiger partial charge in [0.15, 0.2) is 0 Å². The first-order valence-electron chi connectivity index (χ1n) is 6.84. The van der Waals surface area contributed by atoms with E-state index in [-0.39, 0.29) is 6.04 Å². The van der Waals surface area contributed by atoms with Gasteiger partial charge >= 0.3 is 0 Å². The van der Waals surface area contributed by atoms with Crippen molar-refractivity contribution in [1.82, 2.24) is 4.98 Å². The van der Waals surface area contributed by atoms with Gasteiger partial charge in [-0.05, 0) is 52.5 Å². The van der Waals surface area contributed by atoms with Crippen molar-refractivity contribution in [3.8, 4) is 5.75 Å². The van der Waals surface area contributed by atoms with Crippen LogP contribution in [0.25, 0.3) is 0 Å². The summed E-state index contributed by atoms with van der Waals surface area (Å²) in [7, 11) is 0. The Hall–Kier alpha value is -1.10. The lowest BCUT2D eigenvalue weighted by molar-refractivity contribution is 0.306. The number of ether oxygens (including phenoxy) is 1. The van der Waals surface area contributed by atoms with Crippen molar-refractivity contribution in [2.24, 2.45) is 5.73 Å². The first-order valence-corrected chi connectivity index (χ1v) is 8.01. The van der Waals surface area contributed by atoms with Crippen molar-refractivity contribution < 1.29 is 4.74 Å². The Kier molecular flexibility index (Phi) is 6.03. The molecule has 0 aliphatic carbocycles. The highest BCUT2D eigenvalue weighted by Crippen LogP contribution is 2.27. The lowest BCUT2D eigenvalue weighted by Crippen LogP contribution is -2.21. The van der Waals surface area contributed by atoms with E-state index in [9.17, 15) is 0 Å². The van der Waals surface area contributed by atoms with Crippen LogP contribution in [0.15, 0.2) is 41.1 Å². The molecule has 21 heavy (non-hydrogen) atoms. The normalized spacial score (nSPS) is 12.2. The lowest BCUT2D eigenvalue weighted by Gasteiger charge is -2.12. The van der Waals surface area contributed by atoms with E-state index in [2.05, 4.69) is 27.8 Å². The van der Waals surface area contributed by atoms with Crippen LogP contribution in [-0.4, -0.2) is 11.0 Å². The molecule has 112 valence electrons. The van der Waals surface area contributed by atoms with Crippen molar-refractivity contribution in [1.29, 1.82) is 0 Å². The topological polar surface area (TPSA) is 48.1 Å². The lowest BCUT2D eigenvalue weighted by atomic mass is 10.0. The maximum absolute atomic E-state index is 6.26. The summed E-state index contributed by atoms with van der Waals surface area (Å²) in [6, 6.07) is 7.96. The fourth-order valence-electron chi connectivity index (χ4n) is 1.93. The Morgan fingerprint density at radius 1 is 1.29 bits per heavy atom. The predicted octanol–water partition coefficient (Wildman–Crippen LogP) is 4.36. The number of hydrogen-bond donors (Lipinski definition) is 1. The monoisotopic (exact) mass is 368 g/mol. The summed E-state index contributed by atoms with van der Waals surface area (Å²) in [5.74, 6) is 0.672. The Morgan fingerprint density at radius 3 is 2.76 bits per heavy atom. The van der Waals surface area contributed by atoms with Gasteiger partial charge < -0.3 is 10.5 Å². The molecule has 2 aromatic rings. The second-order valence-electron chi connectivity index (χ2n) is 4.94. The number of rotatable bonds is 6. The van der Waals surface area contributed by atoms with Gasteiger partial charge in [0.05, 0.1) is 5.02 Å². The fraction of sp³-hybridized carbons (Fsp3) is 0.312. The average molecular weight is 370 g/mol. The molecule has 2 rings (SSSR count). The average Bonchev–Trinajstić information content (AvgIpc) is 2.46. The zero-order chi connectivity index (χ0) is 15.2. The Labute approximate surface area is 138 Å². The number of hydrogen-bond acceptors (Lipinski definition) is 3. The third-order valence-electron chi connectivity index (χ3n) is 3.17. The van der Waals surface area contributed by atoms with Crippen molar-refractivity contribution in [3.63, 3.8) is 0 Å². The van der Waals surface area contributed by atoms with E-state index in [0.29, 0.717) is 17.4 Å². The van der Waals surface area contributed by atoms with Crippen LogP contribution in [-0.2, 0) is 13.0 Å². The number of halogens is 2. The van der Waals surface area contributed by atoms with E-state index in [1.54, 1.807) is 12.4 Å². The summed E-state index contributed by atoms with van der Waals surface area (Å²) in [6.45, 7) is 2.51. The highest BCUT2D eigenvalue weighted by molar-refractivity contribution is 9.10. The minimum Gasteiger partial charge on any atom is -0.487 e. The number of nitrogens with two attached hydrogens (primary N) is 1. The predicted molar refractivity (Wildman–Crippen MR) is 89.7 cm³/mol. The van der Waals surface area contributed by atoms with Crippen LogP contribution in [0, 0.1) is 0 Å². The molecule has 0 amide bonds. The van der Waals surface area contributed by atoms with Crippen molar-refractivity contribution in [2.45, 2.75) is 32.4 Å². The maximum Gasteiger partial charge on any atom is 0.138 e.